The van der Waals surface area contributed by atoms with Crippen molar-refractivity contribution in [2.24, 2.45) is 5.92 Å². The standard InChI is InChI=1S/C23H25FN2O3/c24-18-4-6-19(7-5-18)28-20-3-1-2-17(14-20)23(10-11-23)29-22(27)25-21-15-26-12-8-16(21)9-13-26/h1-7,14,16,21H,8-13,15H2,(H,25,27). The number of ether oxygens (including phenoxy) is 2. The van der Waals surface area contributed by atoms with Crippen LogP contribution >= 0.6 is 0 Å². The maximum atomic E-state index is 13.1. The average molecular weight is 396 g/mol. The van der Waals surface area contributed by atoms with E-state index in [-0.39, 0.29) is 18.0 Å². The second kappa shape index (κ2) is 7.34. The van der Waals surface area contributed by atoms with Crippen LogP contribution in [0, 0.1) is 11.7 Å². The molecule has 1 saturated carbocycles. The zero-order valence-corrected chi connectivity index (χ0v) is 16.3. The summed E-state index contributed by atoms with van der Waals surface area (Å²) in [6, 6.07) is 13.7. The minimum absolute atomic E-state index is 0.189. The van der Waals surface area contributed by atoms with E-state index >= 15 is 0 Å². The molecule has 1 unspecified atom stereocenters. The molecule has 0 radical (unpaired) electrons. The fourth-order valence-electron chi connectivity index (χ4n) is 4.53. The van der Waals surface area contributed by atoms with Crippen molar-refractivity contribution in [3.05, 3.63) is 59.9 Å². The van der Waals surface area contributed by atoms with Crippen molar-refractivity contribution >= 4 is 6.09 Å². The van der Waals surface area contributed by atoms with Crippen LogP contribution in [0.5, 0.6) is 11.5 Å². The van der Waals surface area contributed by atoms with Gasteiger partial charge in [0, 0.05) is 12.6 Å². The largest absolute Gasteiger partial charge is 0.457 e. The Bertz CT molecular complexity index is 889. The summed E-state index contributed by atoms with van der Waals surface area (Å²) in [4.78, 5) is 15.0. The van der Waals surface area contributed by atoms with E-state index in [0.29, 0.717) is 17.4 Å². The van der Waals surface area contributed by atoms with Gasteiger partial charge in [0.25, 0.3) is 0 Å². The first-order valence-electron chi connectivity index (χ1n) is 10.4. The predicted octanol–water partition coefficient (Wildman–Crippen LogP) is 4.43. The van der Waals surface area contributed by atoms with Crippen molar-refractivity contribution < 1.29 is 18.7 Å². The number of amides is 1. The summed E-state index contributed by atoms with van der Waals surface area (Å²) >= 11 is 0. The highest BCUT2D eigenvalue weighted by Gasteiger charge is 2.49. The Morgan fingerprint density at radius 3 is 2.48 bits per heavy atom. The quantitative estimate of drug-likeness (QED) is 0.813. The van der Waals surface area contributed by atoms with E-state index in [2.05, 4.69) is 10.2 Å². The number of hydrogen-bond acceptors (Lipinski definition) is 4. The van der Waals surface area contributed by atoms with Gasteiger partial charge in [0.2, 0.25) is 0 Å². The summed E-state index contributed by atoms with van der Waals surface area (Å²) in [5.74, 6) is 1.47. The number of carbonyl (C=O) groups excluding carboxylic acids is 1. The van der Waals surface area contributed by atoms with Crippen LogP contribution in [0.1, 0.15) is 31.2 Å². The van der Waals surface area contributed by atoms with Gasteiger partial charge in [0.15, 0.2) is 0 Å². The van der Waals surface area contributed by atoms with Gasteiger partial charge >= 0.3 is 6.09 Å². The molecule has 2 aromatic carbocycles. The van der Waals surface area contributed by atoms with Gasteiger partial charge in [-0.3, -0.25) is 0 Å². The van der Waals surface area contributed by atoms with E-state index in [9.17, 15) is 9.18 Å². The summed E-state index contributed by atoms with van der Waals surface area (Å²) in [6.07, 6.45) is 3.59. The van der Waals surface area contributed by atoms with Gasteiger partial charge in [-0.25, -0.2) is 9.18 Å². The predicted molar refractivity (Wildman–Crippen MR) is 106 cm³/mol. The lowest BCUT2D eigenvalue weighted by molar-refractivity contribution is 0.0471. The summed E-state index contributed by atoms with van der Waals surface area (Å²) in [6.45, 7) is 3.21. The number of nitrogens with zero attached hydrogens (tertiary/aromatic N) is 1. The van der Waals surface area contributed by atoms with E-state index in [1.165, 1.54) is 12.1 Å². The van der Waals surface area contributed by atoms with Crippen LogP contribution in [-0.4, -0.2) is 36.7 Å². The van der Waals surface area contributed by atoms with Gasteiger partial charge in [-0.2, -0.15) is 0 Å². The smallest absolute Gasteiger partial charge is 0.408 e. The molecule has 1 amide bonds. The van der Waals surface area contributed by atoms with Gasteiger partial charge in [-0.1, -0.05) is 12.1 Å². The van der Waals surface area contributed by atoms with Crippen LogP contribution in [0.25, 0.3) is 0 Å². The molecule has 1 aliphatic carbocycles. The molecule has 3 saturated heterocycles. The third kappa shape index (κ3) is 3.94. The lowest BCUT2D eigenvalue weighted by Gasteiger charge is -2.44. The van der Waals surface area contributed by atoms with Crippen molar-refractivity contribution in [3.63, 3.8) is 0 Å². The number of benzene rings is 2. The van der Waals surface area contributed by atoms with Crippen LogP contribution in [0.15, 0.2) is 48.5 Å². The molecular weight excluding hydrogens is 371 g/mol. The van der Waals surface area contributed by atoms with E-state index in [1.807, 2.05) is 24.3 Å². The first-order valence-corrected chi connectivity index (χ1v) is 10.4. The Hall–Kier alpha value is -2.60. The fourth-order valence-corrected chi connectivity index (χ4v) is 4.53. The van der Waals surface area contributed by atoms with E-state index in [1.54, 1.807) is 12.1 Å². The molecule has 2 bridgehead atoms. The minimum Gasteiger partial charge on any atom is -0.457 e. The number of hydrogen-bond donors (Lipinski definition) is 1. The lowest BCUT2D eigenvalue weighted by atomic mass is 9.84. The number of piperidine rings is 3. The average Bonchev–Trinajstić information content (AvgIpc) is 3.51. The first-order chi connectivity index (χ1) is 14.1. The molecule has 5 nitrogen and oxygen atoms in total. The molecule has 0 aromatic heterocycles. The van der Waals surface area contributed by atoms with Gasteiger partial charge in [-0.15, -0.1) is 0 Å². The van der Waals surface area contributed by atoms with Gasteiger partial charge in [-0.05, 0) is 86.7 Å². The van der Waals surface area contributed by atoms with Crippen molar-refractivity contribution in [1.29, 1.82) is 0 Å². The minimum atomic E-state index is -0.569. The van der Waals surface area contributed by atoms with Gasteiger partial charge < -0.3 is 19.7 Å². The third-order valence-electron chi connectivity index (χ3n) is 6.36. The molecule has 2 aromatic rings. The Kier molecular flexibility index (Phi) is 4.66. The molecule has 6 rings (SSSR count). The van der Waals surface area contributed by atoms with Crippen LogP contribution in [-0.2, 0) is 10.3 Å². The molecule has 3 aliphatic heterocycles. The summed E-state index contributed by atoms with van der Waals surface area (Å²) < 4.78 is 24.8. The SMILES string of the molecule is O=C(NC1CN2CCC1CC2)OC1(c2cccc(Oc3ccc(F)cc3)c2)CC1. The third-order valence-corrected chi connectivity index (χ3v) is 6.36. The highest BCUT2D eigenvalue weighted by atomic mass is 19.1. The monoisotopic (exact) mass is 396 g/mol. The van der Waals surface area contributed by atoms with E-state index in [4.69, 9.17) is 9.47 Å². The number of fused-ring (bicyclic) bond motifs is 3. The van der Waals surface area contributed by atoms with Crippen molar-refractivity contribution in [1.82, 2.24) is 10.2 Å². The molecular formula is C23H25FN2O3. The number of nitrogens with one attached hydrogen (secondary N) is 1. The number of halogens is 1. The zero-order valence-electron chi connectivity index (χ0n) is 16.3. The molecule has 4 aliphatic rings. The van der Waals surface area contributed by atoms with E-state index in [0.717, 1.165) is 50.9 Å². The summed E-state index contributed by atoms with van der Waals surface area (Å²) in [5, 5.41) is 3.11. The molecule has 29 heavy (non-hydrogen) atoms. The second-order valence-corrected chi connectivity index (χ2v) is 8.36. The Balaban J connectivity index is 1.24. The van der Waals surface area contributed by atoms with Crippen LogP contribution in [0.4, 0.5) is 9.18 Å². The topological polar surface area (TPSA) is 50.8 Å². The second-order valence-electron chi connectivity index (χ2n) is 8.36. The molecule has 1 atom stereocenters. The van der Waals surface area contributed by atoms with Crippen molar-refractivity contribution in [2.45, 2.75) is 37.3 Å². The first kappa shape index (κ1) is 18.4. The molecule has 6 heteroatoms. The van der Waals surface area contributed by atoms with Crippen molar-refractivity contribution in [3.8, 4) is 11.5 Å². The van der Waals surface area contributed by atoms with Crippen LogP contribution in [0.2, 0.25) is 0 Å². The maximum Gasteiger partial charge on any atom is 0.408 e. The highest BCUT2D eigenvalue weighted by Crippen LogP contribution is 2.50. The van der Waals surface area contributed by atoms with Gasteiger partial charge in [0.05, 0.1) is 0 Å². The molecule has 4 fully saturated rings. The molecule has 0 spiro atoms. The Morgan fingerprint density at radius 2 is 1.83 bits per heavy atom. The fraction of sp³-hybridized carbons (Fsp3) is 0.435. The Labute approximate surface area is 169 Å². The lowest BCUT2D eigenvalue weighted by Crippen LogP contribution is -2.57. The number of alkyl carbamates (subject to hydrolysis) is 1. The van der Waals surface area contributed by atoms with Gasteiger partial charge in [0.1, 0.15) is 22.9 Å². The number of rotatable bonds is 5. The van der Waals surface area contributed by atoms with Crippen molar-refractivity contribution in [2.75, 3.05) is 19.6 Å². The maximum absolute atomic E-state index is 13.1. The van der Waals surface area contributed by atoms with Crippen LogP contribution < -0.4 is 10.1 Å². The zero-order chi connectivity index (χ0) is 19.8. The normalized spacial score (nSPS) is 26.6. The highest BCUT2D eigenvalue weighted by molar-refractivity contribution is 5.69. The number of carbonyl (C=O) groups is 1. The van der Waals surface area contributed by atoms with E-state index < -0.39 is 5.60 Å². The molecule has 3 heterocycles. The summed E-state index contributed by atoms with van der Waals surface area (Å²) in [5.41, 5.74) is 0.362. The molecule has 1 N–H and O–H groups in total. The van der Waals surface area contributed by atoms with Crippen LogP contribution in [0.3, 0.4) is 0 Å². The molecule has 152 valence electrons. The Morgan fingerprint density at radius 1 is 1.07 bits per heavy atom. The summed E-state index contributed by atoms with van der Waals surface area (Å²) in [7, 11) is 0.